The number of rotatable bonds is 4. The number of hydrogen-bond acceptors (Lipinski definition) is 4. The molecular formula is C14H18N2O4. The average molecular weight is 278 g/mol. The van der Waals surface area contributed by atoms with E-state index in [0.717, 1.165) is 6.54 Å². The van der Waals surface area contributed by atoms with Crippen LogP contribution in [0.15, 0.2) is 22.8 Å². The van der Waals surface area contributed by atoms with Gasteiger partial charge in [0.15, 0.2) is 5.76 Å². The van der Waals surface area contributed by atoms with E-state index < -0.39 is 0 Å². The first-order valence-corrected chi connectivity index (χ1v) is 6.81. The van der Waals surface area contributed by atoms with Crippen LogP contribution >= 0.6 is 0 Å². The van der Waals surface area contributed by atoms with Gasteiger partial charge in [0.25, 0.3) is 5.91 Å². The van der Waals surface area contributed by atoms with Gasteiger partial charge in [-0.1, -0.05) is 0 Å². The van der Waals surface area contributed by atoms with Gasteiger partial charge < -0.3 is 19.0 Å². The molecule has 20 heavy (non-hydrogen) atoms. The van der Waals surface area contributed by atoms with E-state index in [-0.39, 0.29) is 23.7 Å². The molecule has 108 valence electrons. The van der Waals surface area contributed by atoms with Gasteiger partial charge in [-0.05, 0) is 12.1 Å². The van der Waals surface area contributed by atoms with Crippen molar-refractivity contribution in [1.82, 2.24) is 9.80 Å². The van der Waals surface area contributed by atoms with Crippen molar-refractivity contribution in [1.29, 1.82) is 0 Å². The molecule has 0 aromatic carbocycles. The number of nitrogens with zero attached hydrogens (tertiary/aromatic N) is 2. The molecule has 0 radical (unpaired) electrons. The van der Waals surface area contributed by atoms with Gasteiger partial charge in [0.05, 0.1) is 18.8 Å². The molecule has 2 fully saturated rings. The molecule has 0 spiro atoms. The van der Waals surface area contributed by atoms with Crippen LogP contribution in [0.3, 0.4) is 0 Å². The number of carbonyl (C=O) groups is 2. The third-order valence-electron chi connectivity index (χ3n) is 4.11. The molecule has 0 aliphatic carbocycles. The van der Waals surface area contributed by atoms with Crippen molar-refractivity contribution >= 4 is 11.8 Å². The number of methoxy groups -OCH3 is 1. The molecule has 2 aliphatic heterocycles. The summed E-state index contributed by atoms with van der Waals surface area (Å²) in [5.74, 6) is 0.528. The minimum Gasteiger partial charge on any atom is -0.459 e. The largest absolute Gasteiger partial charge is 0.459 e. The molecule has 2 saturated heterocycles. The van der Waals surface area contributed by atoms with Gasteiger partial charge in [-0.3, -0.25) is 9.59 Å². The van der Waals surface area contributed by atoms with Gasteiger partial charge >= 0.3 is 0 Å². The molecule has 3 heterocycles. The van der Waals surface area contributed by atoms with E-state index in [1.54, 1.807) is 24.1 Å². The van der Waals surface area contributed by atoms with Crippen LogP contribution < -0.4 is 0 Å². The molecule has 6 heteroatoms. The Balaban J connectivity index is 1.62. The molecule has 0 saturated carbocycles. The average Bonchev–Trinajstić information content (AvgIpc) is 3.14. The summed E-state index contributed by atoms with van der Waals surface area (Å²) in [5.41, 5.74) is 0. The van der Waals surface area contributed by atoms with Crippen molar-refractivity contribution in [2.45, 2.75) is 0 Å². The van der Waals surface area contributed by atoms with E-state index >= 15 is 0 Å². The first-order chi connectivity index (χ1) is 9.70. The molecule has 6 nitrogen and oxygen atoms in total. The van der Waals surface area contributed by atoms with E-state index in [2.05, 4.69) is 0 Å². The zero-order chi connectivity index (χ0) is 14.1. The summed E-state index contributed by atoms with van der Waals surface area (Å²) >= 11 is 0. The van der Waals surface area contributed by atoms with E-state index in [4.69, 9.17) is 9.15 Å². The smallest absolute Gasteiger partial charge is 0.289 e. The topological polar surface area (TPSA) is 63.0 Å². The summed E-state index contributed by atoms with van der Waals surface area (Å²) in [7, 11) is 1.63. The highest BCUT2D eigenvalue weighted by Crippen LogP contribution is 2.32. The van der Waals surface area contributed by atoms with Crippen LogP contribution in [0.4, 0.5) is 0 Å². The Kier molecular flexibility index (Phi) is 3.48. The Morgan fingerprint density at radius 2 is 2.30 bits per heavy atom. The number of hydrogen-bond donors (Lipinski definition) is 0. The first-order valence-electron chi connectivity index (χ1n) is 6.81. The lowest BCUT2D eigenvalue weighted by Crippen LogP contribution is -2.36. The van der Waals surface area contributed by atoms with Crippen LogP contribution in [0, 0.1) is 11.8 Å². The minimum atomic E-state index is -0.124. The van der Waals surface area contributed by atoms with Crippen molar-refractivity contribution in [2.75, 3.05) is 39.9 Å². The van der Waals surface area contributed by atoms with E-state index in [9.17, 15) is 9.59 Å². The zero-order valence-electron chi connectivity index (χ0n) is 11.4. The molecular weight excluding hydrogens is 260 g/mol. The predicted molar refractivity (Wildman–Crippen MR) is 70.0 cm³/mol. The minimum absolute atomic E-state index is 0.0641. The number of fused-ring (bicyclic) bond motifs is 1. The fraction of sp³-hybridized carbons (Fsp3) is 0.571. The molecule has 0 N–H and O–H groups in total. The highest BCUT2D eigenvalue weighted by atomic mass is 16.5. The molecule has 0 unspecified atom stereocenters. The van der Waals surface area contributed by atoms with E-state index in [0.29, 0.717) is 32.0 Å². The lowest BCUT2D eigenvalue weighted by Gasteiger charge is -2.21. The second-order valence-electron chi connectivity index (χ2n) is 5.33. The number of amides is 2. The Labute approximate surface area is 117 Å². The lowest BCUT2D eigenvalue weighted by atomic mass is 10.0. The molecule has 2 atom stereocenters. The SMILES string of the molecule is COCCN1C[C@@H]2CN(C(=O)c3ccco3)C[C@@H]2C1=O. The quantitative estimate of drug-likeness (QED) is 0.802. The van der Waals surface area contributed by atoms with Crippen molar-refractivity contribution in [3.63, 3.8) is 0 Å². The van der Waals surface area contributed by atoms with Crippen molar-refractivity contribution < 1.29 is 18.7 Å². The molecule has 2 aliphatic rings. The number of likely N-dealkylation sites (tertiary alicyclic amines) is 2. The maximum absolute atomic E-state index is 12.3. The maximum Gasteiger partial charge on any atom is 0.289 e. The molecule has 3 rings (SSSR count). The van der Waals surface area contributed by atoms with Crippen LogP contribution in [0.5, 0.6) is 0 Å². The monoisotopic (exact) mass is 278 g/mol. The van der Waals surface area contributed by atoms with E-state index in [1.807, 2.05) is 4.90 Å². The summed E-state index contributed by atoms with van der Waals surface area (Å²) in [6.45, 7) is 3.02. The number of ether oxygens (including phenoxy) is 1. The fourth-order valence-corrected chi connectivity index (χ4v) is 3.07. The summed E-state index contributed by atoms with van der Waals surface area (Å²) in [6, 6.07) is 3.35. The molecule has 0 bridgehead atoms. The fourth-order valence-electron chi connectivity index (χ4n) is 3.07. The molecule has 1 aromatic heterocycles. The van der Waals surface area contributed by atoms with Crippen molar-refractivity contribution in [3.05, 3.63) is 24.2 Å². The van der Waals surface area contributed by atoms with Gasteiger partial charge in [-0.25, -0.2) is 0 Å². The van der Waals surface area contributed by atoms with Crippen molar-refractivity contribution in [2.24, 2.45) is 11.8 Å². The Hall–Kier alpha value is -1.82. The summed E-state index contributed by atoms with van der Waals surface area (Å²) < 4.78 is 10.1. The van der Waals surface area contributed by atoms with E-state index in [1.165, 1.54) is 6.26 Å². The van der Waals surface area contributed by atoms with Gasteiger partial charge in [0.1, 0.15) is 0 Å². The first kappa shape index (κ1) is 13.2. The maximum atomic E-state index is 12.3. The Morgan fingerprint density at radius 3 is 2.95 bits per heavy atom. The van der Waals surface area contributed by atoms with Crippen molar-refractivity contribution in [3.8, 4) is 0 Å². The van der Waals surface area contributed by atoms with Crippen LogP contribution in [0.25, 0.3) is 0 Å². The second-order valence-corrected chi connectivity index (χ2v) is 5.33. The Bertz CT molecular complexity index is 499. The van der Waals surface area contributed by atoms with Gasteiger partial charge in [-0.2, -0.15) is 0 Å². The third-order valence-corrected chi connectivity index (χ3v) is 4.11. The van der Waals surface area contributed by atoms with Crippen LogP contribution in [-0.2, 0) is 9.53 Å². The van der Waals surface area contributed by atoms with Gasteiger partial charge in [-0.15, -0.1) is 0 Å². The second kappa shape index (κ2) is 5.28. The number of furan rings is 1. The summed E-state index contributed by atoms with van der Waals surface area (Å²) in [5, 5.41) is 0. The van der Waals surface area contributed by atoms with Gasteiger partial charge in [0.2, 0.25) is 5.91 Å². The van der Waals surface area contributed by atoms with Crippen LogP contribution in [0.1, 0.15) is 10.6 Å². The predicted octanol–water partition coefficient (Wildman–Crippen LogP) is 0.456. The van der Waals surface area contributed by atoms with Crippen LogP contribution in [0.2, 0.25) is 0 Å². The standard InChI is InChI=1S/C14H18N2O4/c1-19-6-4-15-7-10-8-16(9-11(10)13(15)17)14(18)12-3-2-5-20-12/h2-3,5,10-11H,4,6-9H2,1H3/t10-,11+/m1/s1. The highest BCUT2D eigenvalue weighted by molar-refractivity contribution is 5.93. The van der Waals surface area contributed by atoms with Crippen LogP contribution in [-0.4, -0.2) is 61.5 Å². The lowest BCUT2D eigenvalue weighted by molar-refractivity contribution is -0.131. The molecule has 2 amide bonds. The highest BCUT2D eigenvalue weighted by Gasteiger charge is 2.47. The van der Waals surface area contributed by atoms with Gasteiger partial charge in [0, 0.05) is 39.2 Å². The summed E-state index contributed by atoms with van der Waals surface area (Å²) in [6.07, 6.45) is 1.49. The third kappa shape index (κ3) is 2.20. The molecule has 1 aromatic rings. The Morgan fingerprint density at radius 1 is 1.45 bits per heavy atom. The summed E-state index contributed by atoms with van der Waals surface area (Å²) in [4.78, 5) is 28.0. The zero-order valence-corrected chi connectivity index (χ0v) is 11.4. The number of carbonyl (C=O) groups excluding carboxylic acids is 2. The normalized spacial score (nSPS) is 25.4.